The molecule has 0 aromatic rings. The van der Waals surface area contributed by atoms with Crippen molar-refractivity contribution in [1.29, 1.82) is 0 Å². The SMILES string of the molecule is CCCCCCCCC1=NCCN1C(CCC)CC(=O)O. The molecule has 4 nitrogen and oxygen atoms in total. The monoisotopic (exact) mass is 296 g/mol. The quantitative estimate of drug-likeness (QED) is 0.552. The summed E-state index contributed by atoms with van der Waals surface area (Å²) in [5.74, 6) is 0.462. The summed E-state index contributed by atoms with van der Waals surface area (Å²) >= 11 is 0. The normalized spacial score (nSPS) is 16.1. The average molecular weight is 296 g/mol. The average Bonchev–Trinajstić information content (AvgIpc) is 2.90. The molecule has 21 heavy (non-hydrogen) atoms. The van der Waals surface area contributed by atoms with E-state index in [1.165, 1.54) is 38.5 Å². The molecule has 1 unspecified atom stereocenters. The van der Waals surface area contributed by atoms with Gasteiger partial charge in [0, 0.05) is 19.0 Å². The first-order valence-corrected chi connectivity index (χ1v) is 8.70. The highest BCUT2D eigenvalue weighted by molar-refractivity contribution is 5.84. The zero-order chi connectivity index (χ0) is 15.5. The van der Waals surface area contributed by atoms with Gasteiger partial charge in [0.2, 0.25) is 0 Å². The molecule has 0 aromatic heterocycles. The molecule has 1 atom stereocenters. The second-order valence-corrected chi connectivity index (χ2v) is 6.05. The van der Waals surface area contributed by atoms with Crippen LogP contribution >= 0.6 is 0 Å². The fourth-order valence-electron chi connectivity index (χ4n) is 3.09. The molecule has 0 amide bonds. The molecule has 1 aliphatic rings. The summed E-state index contributed by atoms with van der Waals surface area (Å²) < 4.78 is 0. The molecule has 0 fully saturated rings. The fourth-order valence-corrected chi connectivity index (χ4v) is 3.09. The molecule has 122 valence electrons. The van der Waals surface area contributed by atoms with Crippen LogP contribution in [0.25, 0.3) is 0 Å². The van der Waals surface area contributed by atoms with Crippen LogP contribution in [0.15, 0.2) is 4.99 Å². The first kappa shape index (κ1) is 18.0. The Morgan fingerprint density at radius 1 is 1.19 bits per heavy atom. The van der Waals surface area contributed by atoms with Crippen LogP contribution in [-0.2, 0) is 4.79 Å². The van der Waals surface area contributed by atoms with Gasteiger partial charge in [-0.3, -0.25) is 9.79 Å². The zero-order valence-corrected chi connectivity index (χ0v) is 13.8. The maximum atomic E-state index is 11.0. The Morgan fingerprint density at radius 3 is 2.57 bits per heavy atom. The molecule has 0 aromatic carbocycles. The molecule has 1 heterocycles. The Hall–Kier alpha value is -1.06. The Morgan fingerprint density at radius 2 is 1.90 bits per heavy atom. The number of aliphatic imine (C=N–C) groups is 1. The van der Waals surface area contributed by atoms with Gasteiger partial charge in [0.15, 0.2) is 0 Å². The number of carboxylic acid groups (broad SMARTS) is 1. The molecule has 0 bridgehead atoms. The summed E-state index contributed by atoms with van der Waals surface area (Å²) in [5, 5.41) is 9.09. The van der Waals surface area contributed by atoms with Crippen LogP contribution in [0.1, 0.15) is 78.1 Å². The van der Waals surface area contributed by atoms with Crippen molar-refractivity contribution in [1.82, 2.24) is 4.90 Å². The Labute approximate surface area is 129 Å². The summed E-state index contributed by atoms with van der Waals surface area (Å²) in [6, 6.07) is 0.133. The minimum Gasteiger partial charge on any atom is -0.481 e. The summed E-state index contributed by atoms with van der Waals surface area (Å²) in [7, 11) is 0. The maximum absolute atomic E-state index is 11.0. The molecule has 1 rings (SSSR count). The first-order chi connectivity index (χ1) is 10.2. The number of unbranched alkanes of at least 4 members (excludes halogenated alkanes) is 5. The van der Waals surface area contributed by atoms with Gasteiger partial charge >= 0.3 is 5.97 Å². The van der Waals surface area contributed by atoms with Crippen molar-refractivity contribution >= 4 is 11.8 Å². The van der Waals surface area contributed by atoms with E-state index in [1.54, 1.807) is 0 Å². The molecule has 4 heteroatoms. The second-order valence-electron chi connectivity index (χ2n) is 6.05. The first-order valence-electron chi connectivity index (χ1n) is 8.70. The Balaban J connectivity index is 2.36. The third kappa shape index (κ3) is 6.96. The zero-order valence-electron chi connectivity index (χ0n) is 13.8. The minimum absolute atomic E-state index is 0.133. The van der Waals surface area contributed by atoms with Gasteiger partial charge in [0.05, 0.1) is 18.8 Å². The van der Waals surface area contributed by atoms with E-state index in [1.807, 2.05) is 0 Å². The lowest BCUT2D eigenvalue weighted by atomic mass is 10.0. The fraction of sp³-hybridized carbons (Fsp3) is 0.882. The third-order valence-electron chi connectivity index (χ3n) is 4.19. The van der Waals surface area contributed by atoms with Gasteiger partial charge in [-0.05, 0) is 12.8 Å². The van der Waals surface area contributed by atoms with Gasteiger partial charge < -0.3 is 10.0 Å². The molecule has 1 N–H and O–H groups in total. The molecule has 0 radical (unpaired) electrons. The van der Waals surface area contributed by atoms with Crippen LogP contribution in [0.4, 0.5) is 0 Å². The summed E-state index contributed by atoms with van der Waals surface area (Å²) in [6.07, 6.45) is 11.0. The highest BCUT2D eigenvalue weighted by Crippen LogP contribution is 2.19. The minimum atomic E-state index is -0.695. The van der Waals surface area contributed by atoms with Crippen molar-refractivity contribution in [2.45, 2.75) is 84.1 Å². The van der Waals surface area contributed by atoms with Gasteiger partial charge in [-0.15, -0.1) is 0 Å². The van der Waals surface area contributed by atoms with E-state index in [0.29, 0.717) is 0 Å². The third-order valence-corrected chi connectivity index (χ3v) is 4.19. The molecular formula is C17H32N2O2. The van der Waals surface area contributed by atoms with Crippen molar-refractivity contribution in [3.63, 3.8) is 0 Å². The lowest BCUT2D eigenvalue weighted by Crippen LogP contribution is -2.39. The number of amidine groups is 1. The van der Waals surface area contributed by atoms with E-state index in [0.717, 1.165) is 38.2 Å². The van der Waals surface area contributed by atoms with Gasteiger partial charge in [-0.2, -0.15) is 0 Å². The van der Waals surface area contributed by atoms with Gasteiger partial charge in [0.25, 0.3) is 0 Å². The second kappa shape index (κ2) is 10.6. The van der Waals surface area contributed by atoms with Crippen LogP contribution in [-0.4, -0.2) is 40.9 Å². The Bertz CT molecular complexity index is 329. The van der Waals surface area contributed by atoms with E-state index in [2.05, 4.69) is 23.7 Å². The van der Waals surface area contributed by atoms with Crippen LogP contribution in [0.3, 0.4) is 0 Å². The van der Waals surface area contributed by atoms with Gasteiger partial charge in [0.1, 0.15) is 0 Å². The van der Waals surface area contributed by atoms with E-state index < -0.39 is 5.97 Å². The highest BCUT2D eigenvalue weighted by atomic mass is 16.4. The van der Waals surface area contributed by atoms with Crippen LogP contribution in [0.2, 0.25) is 0 Å². The van der Waals surface area contributed by atoms with Gasteiger partial charge in [-0.25, -0.2) is 0 Å². The van der Waals surface area contributed by atoms with E-state index in [-0.39, 0.29) is 12.5 Å². The van der Waals surface area contributed by atoms with Crippen molar-refractivity contribution in [3.05, 3.63) is 0 Å². The van der Waals surface area contributed by atoms with E-state index >= 15 is 0 Å². The van der Waals surface area contributed by atoms with Crippen LogP contribution < -0.4 is 0 Å². The van der Waals surface area contributed by atoms with Crippen LogP contribution in [0, 0.1) is 0 Å². The highest BCUT2D eigenvalue weighted by Gasteiger charge is 2.26. The number of carboxylic acids is 1. The number of nitrogens with zero attached hydrogens (tertiary/aromatic N) is 2. The van der Waals surface area contributed by atoms with Crippen molar-refractivity contribution in [3.8, 4) is 0 Å². The van der Waals surface area contributed by atoms with E-state index in [4.69, 9.17) is 5.11 Å². The molecule has 0 saturated carbocycles. The lowest BCUT2D eigenvalue weighted by Gasteiger charge is -2.29. The van der Waals surface area contributed by atoms with Crippen molar-refractivity contribution in [2.24, 2.45) is 4.99 Å². The lowest BCUT2D eigenvalue weighted by molar-refractivity contribution is -0.138. The summed E-state index contributed by atoms with van der Waals surface area (Å²) in [6.45, 7) is 6.10. The van der Waals surface area contributed by atoms with Crippen LogP contribution in [0.5, 0.6) is 0 Å². The predicted octanol–water partition coefficient (Wildman–Crippen LogP) is 4.09. The summed E-state index contributed by atoms with van der Waals surface area (Å²) in [5.41, 5.74) is 0. The molecular weight excluding hydrogens is 264 g/mol. The topological polar surface area (TPSA) is 52.9 Å². The smallest absolute Gasteiger partial charge is 0.305 e. The standard InChI is InChI=1S/C17H32N2O2/c1-3-5-6-7-8-9-11-16-18-12-13-19(16)15(10-4-2)14-17(20)21/h15H,3-14H2,1-2H3,(H,20,21). The number of hydrogen-bond donors (Lipinski definition) is 1. The van der Waals surface area contributed by atoms with Crippen molar-refractivity contribution < 1.29 is 9.90 Å². The number of rotatable bonds is 12. The molecule has 0 aliphatic carbocycles. The maximum Gasteiger partial charge on any atom is 0.305 e. The largest absolute Gasteiger partial charge is 0.481 e. The Kier molecular flexibility index (Phi) is 9.11. The van der Waals surface area contributed by atoms with E-state index in [9.17, 15) is 4.79 Å². The number of hydrogen-bond acceptors (Lipinski definition) is 3. The molecule has 0 spiro atoms. The number of carbonyl (C=O) groups is 1. The van der Waals surface area contributed by atoms with Crippen molar-refractivity contribution in [2.75, 3.05) is 13.1 Å². The molecule has 1 aliphatic heterocycles. The predicted molar refractivity (Wildman–Crippen MR) is 87.9 cm³/mol. The van der Waals surface area contributed by atoms with Gasteiger partial charge in [-0.1, -0.05) is 52.4 Å². The summed E-state index contributed by atoms with van der Waals surface area (Å²) in [4.78, 5) is 17.9. The number of aliphatic carboxylic acids is 1. The molecule has 0 saturated heterocycles.